The van der Waals surface area contributed by atoms with Crippen molar-refractivity contribution in [1.82, 2.24) is 14.9 Å². The van der Waals surface area contributed by atoms with Gasteiger partial charge in [0.25, 0.3) is 5.91 Å². The Labute approximate surface area is 104 Å². The first kappa shape index (κ1) is 12.4. The minimum absolute atomic E-state index is 0.0800. The number of aryl methyl sites for hydroxylation is 1. The second-order valence-electron chi connectivity index (χ2n) is 4.57. The maximum Gasteiger partial charge on any atom is 0.264 e. The molecule has 0 saturated heterocycles. The van der Waals surface area contributed by atoms with Crippen molar-refractivity contribution in [2.45, 2.75) is 38.7 Å². The highest BCUT2D eigenvalue weighted by molar-refractivity contribution is 7.07. The maximum absolute atomic E-state index is 11.8. The summed E-state index contributed by atoms with van der Waals surface area (Å²) < 4.78 is 3.75. The van der Waals surface area contributed by atoms with Gasteiger partial charge in [-0.2, -0.15) is 0 Å². The van der Waals surface area contributed by atoms with Gasteiger partial charge in [0.05, 0.1) is 11.8 Å². The van der Waals surface area contributed by atoms with Crippen molar-refractivity contribution < 1.29 is 9.90 Å². The summed E-state index contributed by atoms with van der Waals surface area (Å²) in [5.41, 5.74) is 0.687. The van der Waals surface area contributed by atoms with E-state index in [0.717, 1.165) is 37.2 Å². The van der Waals surface area contributed by atoms with Crippen molar-refractivity contribution in [1.29, 1.82) is 0 Å². The van der Waals surface area contributed by atoms with Gasteiger partial charge >= 0.3 is 0 Å². The van der Waals surface area contributed by atoms with Crippen LogP contribution in [-0.2, 0) is 0 Å². The first-order valence-corrected chi connectivity index (χ1v) is 6.69. The monoisotopic (exact) mass is 255 g/mol. The summed E-state index contributed by atoms with van der Waals surface area (Å²) in [4.78, 5) is 12.4. The third-order valence-electron chi connectivity index (χ3n) is 3.23. The van der Waals surface area contributed by atoms with E-state index in [-0.39, 0.29) is 12.0 Å². The Morgan fingerprint density at radius 2 is 2.18 bits per heavy atom. The Balaban J connectivity index is 1.79. The molecule has 0 aliphatic heterocycles. The topological polar surface area (TPSA) is 75.1 Å². The average Bonchev–Trinajstić information content (AvgIpc) is 2.74. The van der Waals surface area contributed by atoms with Crippen molar-refractivity contribution in [3.8, 4) is 0 Å². The largest absolute Gasteiger partial charge is 0.393 e. The summed E-state index contributed by atoms with van der Waals surface area (Å²) in [6, 6.07) is 0. The van der Waals surface area contributed by atoms with Crippen molar-refractivity contribution in [3.05, 3.63) is 10.6 Å². The van der Waals surface area contributed by atoms with Gasteiger partial charge in [0, 0.05) is 6.54 Å². The van der Waals surface area contributed by atoms with Gasteiger partial charge < -0.3 is 10.4 Å². The second-order valence-corrected chi connectivity index (χ2v) is 5.33. The van der Waals surface area contributed by atoms with Gasteiger partial charge in [0.2, 0.25) is 0 Å². The molecular weight excluding hydrogens is 238 g/mol. The molecule has 0 atom stereocenters. The zero-order valence-electron chi connectivity index (χ0n) is 9.85. The predicted octanol–water partition coefficient (Wildman–Crippen LogP) is 1.13. The van der Waals surface area contributed by atoms with E-state index in [1.807, 2.05) is 0 Å². The third-order valence-corrected chi connectivity index (χ3v) is 4.05. The molecule has 17 heavy (non-hydrogen) atoms. The van der Waals surface area contributed by atoms with Crippen LogP contribution in [0.4, 0.5) is 0 Å². The summed E-state index contributed by atoms with van der Waals surface area (Å²) in [6.07, 6.45) is 3.53. The molecule has 1 aromatic heterocycles. The number of aromatic nitrogens is 2. The van der Waals surface area contributed by atoms with E-state index in [4.69, 9.17) is 0 Å². The predicted molar refractivity (Wildman–Crippen MR) is 64.9 cm³/mol. The lowest BCUT2D eigenvalue weighted by Crippen LogP contribution is -2.32. The molecule has 6 heteroatoms. The molecule has 0 radical (unpaired) electrons. The molecule has 0 aromatic carbocycles. The van der Waals surface area contributed by atoms with Crippen molar-refractivity contribution >= 4 is 17.4 Å². The molecule has 0 unspecified atom stereocenters. The van der Waals surface area contributed by atoms with Crippen LogP contribution in [0, 0.1) is 12.8 Å². The van der Waals surface area contributed by atoms with Crippen LogP contribution in [0.3, 0.4) is 0 Å². The third kappa shape index (κ3) is 3.23. The number of nitrogens with one attached hydrogen (secondary N) is 1. The van der Waals surface area contributed by atoms with E-state index in [2.05, 4.69) is 14.9 Å². The highest BCUT2D eigenvalue weighted by Gasteiger charge is 2.20. The zero-order valence-corrected chi connectivity index (χ0v) is 10.7. The highest BCUT2D eigenvalue weighted by atomic mass is 32.1. The Kier molecular flexibility index (Phi) is 4.06. The number of rotatable bonds is 3. The molecule has 1 fully saturated rings. The van der Waals surface area contributed by atoms with Crippen LogP contribution in [0.15, 0.2) is 0 Å². The minimum Gasteiger partial charge on any atom is -0.393 e. The van der Waals surface area contributed by atoms with Crippen LogP contribution in [0.1, 0.15) is 41.0 Å². The van der Waals surface area contributed by atoms with Crippen LogP contribution < -0.4 is 5.32 Å². The van der Waals surface area contributed by atoms with Crippen molar-refractivity contribution in [2.24, 2.45) is 5.92 Å². The van der Waals surface area contributed by atoms with E-state index in [0.29, 0.717) is 23.0 Å². The molecule has 1 saturated carbocycles. The Hall–Kier alpha value is -1.01. The number of carbonyl (C=O) groups excluding carboxylic acids is 1. The van der Waals surface area contributed by atoms with Crippen LogP contribution in [0.2, 0.25) is 0 Å². The molecule has 1 aliphatic rings. The van der Waals surface area contributed by atoms with Gasteiger partial charge in [0.15, 0.2) is 0 Å². The fourth-order valence-corrected chi connectivity index (χ4v) is 2.68. The summed E-state index contributed by atoms with van der Waals surface area (Å²) in [6.45, 7) is 2.47. The molecular formula is C11H17N3O2S. The summed E-state index contributed by atoms with van der Waals surface area (Å²) >= 11 is 1.13. The molecule has 1 aliphatic carbocycles. The Morgan fingerprint density at radius 1 is 1.47 bits per heavy atom. The molecule has 1 aromatic rings. The molecule has 1 amide bonds. The van der Waals surface area contributed by atoms with Gasteiger partial charge in [-0.3, -0.25) is 4.79 Å². The number of aliphatic hydroxyl groups excluding tert-OH is 1. The second kappa shape index (κ2) is 5.55. The summed E-state index contributed by atoms with van der Waals surface area (Å²) in [5, 5.41) is 16.1. The fourth-order valence-electron chi connectivity index (χ4n) is 2.11. The number of nitrogens with zero attached hydrogens (tertiary/aromatic N) is 2. The van der Waals surface area contributed by atoms with E-state index in [1.165, 1.54) is 0 Å². The standard InChI is InChI=1S/C11H17N3O2S/c1-7-10(17-14-13-7)11(16)12-6-8-2-4-9(15)5-3-8/h8-9,15H,2-6H2,1H3,(H,12,16). The number of aliphatic hydroxyl groups is 1. The van der Waals surface area contributed by atoms with E-state index in [9.17, 15) is 9.90 Å². The van der Waals surface area contributed by atoms with Crippen LogP contribution in [0.25, 0.3) is 0 Å². The lowest BCUT2D eigenvalue weighted by Gasteiger charge is -2.25. The maximum atomic E-state index is 11.8. The van der Waals surface area contributed by atoms with Crippen LogP contribution >= 0.6 is 11.5 Å². The van der Waals surface area contributed by atoms with E-state index in [1.54, 1.807) is 6.92 Å². The fraction of sp³-hybridized carbons (Fsp3) is 0.727. The summed E-state index contributed by atoms with van der Waals surface area (Å²) in [5.74, 6) is 0.409. The summed E-state index contributed by atoms with van der Waals surface area (Å²) in [7, 11) is 0. The number of hydrogen-bond donors (Lipinski definition) is 2. The molecule has 1 heterocycles. The smallest absolute Gasteiger partial charge is 0.264 e. The number of hydrogen-bond acceptors (Lipinski definition) is 5. The lowest BCUT2D eigenvalue weighted by molar-refractivity contribution is 0.0913. The Bertz CT molecular complexity index is 386. The SMILES string of the molecule is Cc1nnsc1C(=O)NCC1CCC(O)CC1. The molecule has 94 valence electrons. The van der Waals surface area contributed by atoms with Gasteiger partial charge in [-0.1, -0.05) is 4.49 Å². The zero-order chi connectivity index (χ0) is 12.3. The van der Waals surface area contributed by atoms with Crippen molar-refractivity contribution in [2.75, 3.05) is 6.54 Å². The first-order valence-electron chi connectivity index (χ1n) is 5.92. The van der Waals surface area contributed by atoms with Gasteiger partial charge in [0.1, 0.15) is 4.88 Å². The Morgan fingerprint density at radius 3 is 2.76 bits per heavy atom. The van der Waals surface area contributed by atoms with Gasteiger partial charge in [-0.15, -0.1) is 5.10 Å². The molecule has 2 N–H and O–H groups in total. The van der Waals surface area contributed by atoms with E-state index < -0.39 is 0 Å². The van der Waals surface area contributed by atoms with E-state index >= 15 is 0 Å². The molecule has 5 nitrogen and oxygen atoms in total. The molecule has 2 rings (SSSR count). The lowest BCUT2D eigenvalue weighted by atomic mass is 9.87. The molecule has 0 spiro atoms. The minimum atomic E-state index is -0.144. The highest BCUT2D eigenvalue weighted by Crippen LogP contribution is 2.23. The normalized spacial score (nSPS) is 24.6. The number of carbonyl (C=O) groups is 1. The van der Waals surface area contributed by atoms with Gasteiger partial charge in [-0.25, -0.2) is 0 Å². The average molecular weight is 255 g/mol. The van der Waals surface area contributed by atoms with Gasteiger partial charge in [-0.05, 0) is 50.1 Å². The van der Waals surface area contributed by atoms with Crippen LogP contribution in [-0.4, -0.2) is 33.2 Å². The number of amides is 1. The van der Waals surface area contributed by atoms with Crippen LogP contribution in [0.5, 0.6) is 0 Å². The first-order chi connectivity index (χ1) is 8.16. The molecule has 0 bridgehead atoms. The quantitative estimate of drug-likeness (QED) is 0.849. The van der Waals surface area contributed by atoms with Crippen molar-refractivity contribution in [3.63, 3.8) is 0 Å².